The molecule has 0 aliphatic rings. The molecule has 0 radical (unpaired) electrons. The fraction of sp³-hybridized carbons (Fsp3) is 0.667. The van der Waals surface area contributed by atoms with E-state index in [9.17, 15) is 4.79 Å². The van der Waals surface area contributed by atoms with Crippen LogP contribution in [0.4, 0.5) is 0 Å². The summed E-state index contributed by atoms with van der Waals surface area (Å²) in [5, 5.41) is 0. The Hall–Kier alpha value is -0.793. The lowest BCUT2D eigenvalue weighted by Gasteiger charge is -2.13. The predicted octanol–water partition coefficient (Wildman–Crippen LogP) is 1.40. The lowest BCUT2D eigenvalue weighted by Crippen LogP contribution is -2.25. The fourth-order valence-corrected chi connectivity index (χ4v) is 1.03. The smallest absolute Gasteiger partial charge is 0.384 e. The molecule has 0 aliphatic heterocycles. The number of hydrogen-bond acceptors (Lipinski definition) is 3. The third kappa shape index (κ3) is 9.12. The molecule has 74 valence electrons. The maximum absolute atomic E-state index is 10.7. The highest BCUT2D eigenvalue weighted by Gasteiger charge is 2.12. The first-order valence-corrected chi connectivity index (χ1v) is 7.66. The van der Waals surface area contributed by atoms with Crippen LogP contribution in [-0.2, 0) is 14.0 Å². The minimum atomic E-state index is -1.50. The first-order valence-electron chi connectivity index (χ1n) is 4.25. The van der Waals surface area contributed by atoms with Gasteiger partial charge in [-0.2, -0.15) is 0 Å². The summed E-state index contributed by atoms with van der Waals surface area (Å²) in [6.45, 7) is 8.63. The van der Waals surface area contributed by atoms with Gasteiger partial charge in [-0.25, -0.2) is 4.79 Å². The molecule has 0 heterocycles. The van der Waals surface area contributed by atoms with Gasteiger partial charge in [0, 0.05) is 5.92 Å². The zero-order valence-corrected chi connectivity index (χ0v) is 9.64. The van der Waals surface area contributed by atoms with Crippen LogP contribution in [0.2, 0.25) is 19.6 Å². The summed E-state index contributed by atoms with van der Waals surface area (Å²) in [4.78, 5) is 10.7. The van der Waals surface area contributed by atoms with Crippen molar-refractivity contribution in [3.63, 3.8) is 0 Å². The summed E-state index contributed by atoms with van der Waals surface area (Å²) >= 11 is 0. The van der Waals surface area contributed by atoms with Crippen molar-refractivity contribution >= 4 is 14.3 Å². The molecule has 0 aromatic rings. The van der Waals surface area contributed by atoms with Gasteiger partial charge in [-0.05, 0) is 26.6 Å². The molecule has 0 aromatic carbocycles. The van der Waals surface area contributed by atoms with Crippen LogP contribution in [0.5, 0.6) is 0 Å². The largest absolute Gasteiger partial charge is 0.456 e. The Labute approximate surface area is 80.6 Å². The van der Waals surface area contributed by atoms with Crippen molar-refractivity contribution < 1.29 is 14.0 Å². The third-order valence-electron chi connectivity index (χ3n) is 1.04. The van der Waals surface area contributed by atoms with Crippen molar-refractivity contribution in [1.82, 2.24) is 0 Å². The number of hydrogen-bond donors (Lipinski definition) is 0. The van der Waals surface area contributed by atoms with E-state index in [4.69, 9.17) is 4.43 Å². The van der Waals surface area contributed by atoms with Gasteiger partial charge in [0.05, 0.1) is 13.2 Å². The van der Waals surface area contributed by atoms with Crippen molar-refractivity contribution in [2.24, 2.45) is 0 Å². The Bertz CT molecular complexity index is 219. The molecular formula is C9H16O3Si. The van der Waals surface area contributed by atoms with Gasteiger partial charge >= 0.3 is 5.97 Å². The van der Waals surface area contributed by atoms with Gasteiger partial charge < -0.3 is 9.16 Å². The van der Waals surface area contributed by atoms with E-state index in [1.54, 1.807) is 6.92 Å². The van der Waals surface area contributed by atoms with Crippen molar-refractivity contribution in [2.45, 2.75) is 26.6 Å². The molecule has 0 N–H and O–H groups in total. The van der Waals surface area contributed by atoms with Crippen LogP contribution in [0.15, 0.2) is 0 Å². The van der Waals surface area contributed by atoms with Crippen LogP contribution in [0.3, 0.4) is 0 Å². The third-order valence-corrected chi connectivity index (χ3v) is 2.05. The molecule has 0 saturated heterocycles. The van der Waals surface area contributed by atoms with Crippen LogP contribution < -0.4 is 0 Å². The second kappa shape index (κ2) is 5.78. The first-order chi connectivity index (χ1) is 5.95. The summed E-state index contributed by atoms with van der Waals surface area (Å²) in [5.74, 6) is 4.47. The van der Waals surface area contributed by atoms with E-state index in [1.165, 1.54) is 0 Å². The van der Waals surface area contributed by atoms with Gasteiger partial charge in [0.1, 0.15) is 0 Å². The second-order valence-electron chi connectivity index (χ2n) is 3.42. The summed E-state index contributed by atoms with van der Waals surface area (Å²) < 4.78 is 10.0. The Morgan fingerprint density at radius 3 is 2.46 bits per heavy atom. The Morgan fingerprint density at radius 2 is 2.00 bits per heavy atom. The van der Waals surface area contributed by atoms with Crippen molar-refractivity contribution in [3.05, 3.63) is 0 Å². The lowest BCUT2D eigenvalue weighted by molar-refractivity contribution is -0.136. The van der Waals surface area contributed by atoms with Gasteiger partial charge in [0.2, 0.25) is 0 Å². The summed E-state index contributed by atoms with van der Waals surface area (Å²) in [5.41, 5.74) is 0. The molecule has 13 heavy (non-hydrogen) atoms. The average Bonchev–Trinajstić information content (AvgIpc) is 1.97. The highest BCUT2D eigenvalue weighted by Crippen LogP contribution is 2.00. The average molecular weight is 200 g/mol. The topological polar surface area (TPSA) is 35.5 Å². The fourth-order valence-electron chi connectivity index (χ4n) is 0.528. The van der Waals surface area contributed by atoms with Gasteiger partial charge in [-0.15, -0.1) is 0 Å². The zero-order valence-electron chi connectivity index (χ0n) is 8.64. The number of esters is 1. The van der Waals surface area contributed by atoms with Crippen LogP contribution in [0.1, 0.15) is 6.92 Å². The number of rotatable bonds is 3. The predicted molar refractivity (Wildman–Crippen MR) is 53.7 cm³/mol. The van der Waals surface area contributed by atoms with Gasteiger partial charge in [0.15, 0.2) is 8.32 Å². The highest BCUT2D eigenvalue weighted by molar-refractivity contribution is 6.69. The monoisotopic (exact) mass is 200 g/mol. The van der Waals surface area contributed by atoms with Crippen LogP contribution in [-0.4, -0.2) is 27.5 Å². The SMILES string of the molecule is CCOC(=O)C#CCO[Si](C)(C)C. The molecule has 0 rings (SSSR count). The number of carbonyl (C=O) groups is 1. The number of ether oxygens (including phenoxy) is 1. The quantitative estimate of drug-likeness (QED) is 0.299. The molecule has 0 aliphatic carbocycles. The number of carbonyl (C=O) groups excluding carboxylic acids is 1. The van der Waals surface area contributed by atoms with Gasteiger partial charge in [-0.3, -0.25) is 0 Å². The van der Waals surface area contributed by atoms with E-state index < -0.39 is 14.3 Å². The Balaban J connectivity index is 3.68. The molecule has 0 bridgehead atoms. The molecule has 0 unspecified atom stereocenters. The second-order valence-corrected chi connectivity index (χ2v) is 7.94. The zero-order chi connectivity index (χ0) is 10.3. The molecule has 0 spiro atoms. The Kier molecular flexibility index (Phi) is 5.43. The normalized spacial score (nSPS) is 10.2. The van der Waals surface area contributed by atoms with E-state index >= 15 is 0 Å². The Morgan fingerprint density at radius 1 is 1.38 bits per heavy atom. The molecule has 0 fully saturated rings. The maximum Gasteiger partial charge on any atom is 0.384 e. The van der Waals surface area contributed by atoms with Crippen molar-refractivity contribution in [2.75, 3.05) is 13.2 Å². The molecule has 4 heteroatoms. The van der Waals surface area contributed by atoms with E-state index in [2.05, 4.69) is 36.2 Å². The van der Waals surface area contributed by atoms with Gasteiger partial charge in [0.25, 0.3) is 0 Å². The molecule has 0 atom stereocenters. The summed E-state index contributed by atoms with van der Waals surface area (Å²) in [6, 6.07) is 0. The summed E-state index contributed by atoms with van der Waals surface area (Å²) in [6.07, 6.45) is 0. The molecular weight excluding hydrogens is 184 g/mol. The minimum Gasteiger partial charge on any atom is -0.456 e. The molecule has 0 amide bonds. The van der Waals surface area contributed by atoms with Crippen molar-refractivity contribution in [1.29, 1.82) is 0 Å². The molecule has 0 aromatic heterocycles. The van der Waals surface area contributed by atoms with E-state index in [0.29, 0.717) is 13.2 Å². The van der Waals surface area contributed by atoms with Gasteiger partial charge in [-0.1, -0.05) is 5.92 Å². The first kappa shape index (κ1) is 12.2. The molecule has 0 saturated carbocycles. The maximum atomic E-state index is 10.7. The standard InChI is InChI=1S/C9H16O3Si/c1-5-11-9(10)7-6-8-12-13(2,3)4/h5,8H2,1-4H3. The lowest BCUT2D eigenvalue weighted by atomic mass is 10.6. The van der Waals surface area contributed by atoms with Crippen LogP contribution >= 0.6 is 0 Å². The van der Waals surface area contributed by atoms with E-state index in [-0.39, 0.29) is 0 Å². The van der Waals surface area contributed by atoms with Crippen LogP contribution in [0, 0.1) is 11.8 Å². The van der Waals surface area contributed by atoms with E-state index in [1.807, 2.05) is 0 Å². The highest BCUT2D eigenvalue weighted by atomic mass is 28.4. The van der Waals surface area contributed by atoms with Crippen molar-refractivity contribution in [3.8, 4) is 11.8 Å². The molecule has 3 nitrogen and oxygen atoms in total. The summed E-state index contributed by atoms with van der Waals surface area (Å²) in [7, 11) is -1.50. The minimum absolute atomic E-state index is 0.314. The van der Waals surface area contributed by atoms with Crippen LogP contribution in [0.25, 0.3) is 0 Å². The van der Waals surface area contributed by atoms with E-state index in [0.717, 1.165) is 0 Å².